The molecule has 0 aromatic carbocycles. The summed E-state index contributed by atoms with van der Waals surface area (Å²) >= 11 is 1.14. The van der Waals surface area contributed by atoms with Gasteiger partial charge in [-0.1, -0.05) is 0 Å². The summed E-state index contributed by atoms with van der Waals surface area (Å²) in [6, 6.07) is 3.24. The smallest absolute Gasteiger partial charge is 0.247 e. The van der Waals surface area contributed by atoms with Gasteiger partial charge in [-0.2, -0.15) is 0 Å². The van der Waals surface area contributed by atoms with Gasteiger partial charge in [0.1, 0.15) is 4.21 Å². The maximum absolute atomic E-state index is 11.3. The molecule has 1 aromatic rings. The lowest BCUT2D eigenvalue weighted by Crippen LogP contribution is -2.46. The first-order valence-electron chi connectivity index (χ1n) is 7.65. The Balaban J connectivity index is 0.00000312. The van der Waals surface area contributed by atoms with Crippen LogP contribution in [0.1, 0.15) is 24.1 Å². The van der Waals surface area contributed by atoms with Crippen LogP contribution in [0.4, 0.5) is 0 Å². The first-order valence-corrected chi connectivity index (χ1v) is 10.0. The molecule has 2 heterocycles. The van der Waals surface area contributed by atoms with Gasteiger partial charge in [-0.05, 0) is 30.9 Å². The SMILES string of the molecule is CN=C(NCc1ccc(S(N)(=O)=O)s1)N1CCCC(CC(N)=O)C1.I. The Morgan fingerprint density at radius 2 is 2.20 bits per heavy atom. The molecule has 25 heavy (non-hydrogen) atoms. The summed E-state index contributed by atoms with van der Waals surface area (Å²) in [6.07, 6.45) is 2.35. The average molecular weight is 501 g/mol. The van der Waals surface area contributed by atoms with Crippen LogP contribution in [0.15, 0.2) is 21.3 Å². The standard InChI is InChI=1S/C14H23N5O3S2.HI/c1-17-14(19-6-2-3-10(9-19)7-12(15)20)18-8-11-4-5-13(23-11)24(16,21)22;/h4-5,10H,2-3,6-9H2,1H3,(H2,15,20)(H,17,18)(H2,16,21,22);1H. The van der Waals surface area contributed by atoms with Crippen LogP contribution in [-0.2, 0) is 21.4 Å². The second kappa shape index (κ2) is 9.69. The van der Waals surface area contributed by atoms with Crippen LogP contribution in [0.3, 0.4) is 0 Å². The van der Waals surface area contributed by atoms with E-state index >= 15 is 0 Å². The van der Waals surface area contributed by atoms with Crippen molar-refractivity contribution < 1.29 is 13.2 Å². The molecule has 8 nitrogen and oxygen atoms in total. The number of thiophene rings is 1. The number of carbonyl (C=O) groups is 1. The number of nitrogens with zero attached hydrogens (tertiary/aromatic N) is 2. The van der Waals surface area contributed by atoms with Crippen molar-refractivity contribution in [3.05, 3.63) is 17.0 Å². The fourth-order valence-corrected chi connectivity index (χ4v) is 4.53. The van der Waals surface area contributed by atoms with Gasteiger partial charge in [0.15, 0.2) is 5.96 Å². The van der Waals surface area contributed by atoms with E-state index in [0.717, 1.165) is 48.1 Å². The van der Waals surface area contributed by atoms with Gasteiger partial charge in [0.2, 0.25) is 15.9 Å². The highest BCUT2D eigenvalue weighted by Crippen LogP contribution is 2.21. The molecule has 1 aromatic heterocycles. The molecule has 1 saturated heterocycles. The number of carbonyl (C=O) groups excluding carboxylic acids is 1. The number of guanidine groups is 1. The highest BCUT2D eigenvalue weighted by molar-refractivity contribution is 14.0. The van der Waals surface area contributed by atoms with Gasteiger partial charge >= 0.3 is 0 Å². The highest BCUT2D eigenvalue weighted by atomic mass is 127. The third kappa shape index (κ3) is 6.72. The predicted molar refractivity (Wildman–Crippen MR) is 109 cm³/mol. The molecule has 0 saturated carbocycles. The Hall–Kier alpha value is -0.920. The van der Waals surface area contributed by atoms with E-state index in [1.54, 1.807) is 13.1 Å². The van der Waals surface area contributed by atoms with Crippen LogP contribution in [0.2, 0.25) is 0 Å². The van der Waals surface area contributed by atoms with Crippen molar-refractivity contribution in [3.8, 4) is 0 Å². The number of sulfonamides is 1. The zero-order valence-electron chi connectivity index (χ0n) is 14.0. The lowest BCUT2D eigenvalue weighted by molar-refractivity contribution is -0.119. The molecule has 1 aliphatic heterocycles. The summed E-state index contributed by atoms with van der Waals surface area (Å²) in [5.74, 6) is 0.694. The molecular weight excluding hydrogens is 477 g/mol. The maximum atomic E-state index is 11.3. The van der Waals surface area contributed by atoms with E-state index in [1.807, 2.05) is 0 Å². The number of aliphatic imine (C=N–C) groups is 1. The van der Waals surface area contributed by atoms with Crippen LogP contribution < -0.4 is 16.2 Å². The summed E-state index contributed by atoms with van der Waals surface area (Å²) in [6.45, 7) is 2.06. The number of hydrogen-bond donors (Lipinski definition) is 3. The third-order valence-corrected chi connectivity index (χ3v) is 6.38. The molecular formula is C14H24IN5O3S2. The molecule has 1 atom stereocenters. The molecule has 5 N–H and O–H groups in total. The van der Waals surface area contributed by atoms with E-state index in [-0.39, 0.29) is 40.0 Å². The van der Waals surface area contributed by atoms with Crippen LogP contribution in [0, 0.1) is 5.92 Å². The van der Waals surface area contributed by atoms with E-state index in [4.69, 9.17) is 10.9 Å². The Bertz CT molecular complexity index is 720. The molecule has 1 unspecified atom stereocenters. The summed E-state index contributed by atoms with van der Waals surface area (Å²) in [5, 5.41) is 8.35. The largest absolute Gasteiger partial charge is 0.370 e. The Labute approximate surface area is 169 Å². The van der Waals surface area contributed by atoms with E-state index in [0.29, 0.717) is 13.0 Å². The number of likely N-dealkylation sites (tertiary alicyclic amines) is 1. The summed E-state index contributed by atoms with van der Waals surface area (Å²) in [4.78, 5) is 18.3. The second-order valence-corrected chi connectivity index (χ2v) is 8.75. The molecule has 0 bridgehead atoms. The minimum Gasteiger partial charge on any atom is -0.370 e. The Morgan fingerprint density at radius 3 is 2.76 bits per heavy atom. The lowest BCUT2D eigenvalue weighted by Gasteiger charge is -2.34. The molecule has 1 aliphatic rings. The van der Waals surface area contributed by atoms with Gasteiger partial charge in [-0.25, -0.2) is 13.6 Å². The van der Waals surface area contributed by atoms with Crippen LogP contribution in [0.5, 0.6) is 0 Å². The average Bonchev–Trinajstić information content (AvgIpc) is 2.97. The van der Waals surface area contributed by atoms with E-state index in [2.05, 4.69) is 15.2 Å². The number of rotatable bonds is 5. The van der Waals surface area contributed by atoms with Crippen molar-refractivity contribution in [2.24, 2.45) is 21.8 Å². The Morgan fingerprint density at radius 1 is 1.48 bits per heavy atom. The number of amides is 1. The monoisotopic (exact) mass is 501 g/mol. The first kappa shape index (κ1) is 22.1. The molecule has 142 valence electrons. The third-order valence-electron chi connectivity index (χ3n) is 3.86. The Kier molecular flexibility index (Phi) is 8.57. The highest BCUT2D eigenvalue weighted by Gasteiger charge is 2.23. The molecule has 11 heteroatoms. The maximum Gasteiger partial charge on any atom is 0.247 e. The van der Waals surface area contributed by atoms with Crippen molar-refractivity contribution in [2.45, 2.75) is 30.0 Å². The summed E-state index contributed by atoms with van der Waals surface area (Å²) in [5.41, 5.74) is 5.29. The second-order valence-electron chi connectivity index (χ2n) is 5.79. The molecule has 0 aliphatic carbocycles. The predicted octanol–water partition coefficient (Wildman–Crippen LogP) is 0.676. The minimum absolute atomic E-state index is 0. The van der Waals surface area contributed by atoms with Crippen molar-refractivity contribution in [2.75, 3.05) is 20.1 Å². The van der Waals surface area contributed by atoms with Gasteiger partial charge in [-0.15, -0.1) is 35.3 Å². The normalized spacial score (nSPS) is 18.6. The van der Waals surface area contributed by atoms with E-state index < -0.39 is 10.0 Å². The fraction of sp³-hybridized carbons (Fsp3) is 0.571. The zero-order chi connectivity index (χ0) is 17.7. The van der Waals surface area contributed by atoms with Crippen LogP contribution >= 0.6 is 35.3 Å². The molecule has 1 amide bonds. The summed E-state index contributed by atoms with van der Waals surface area (Å²) < 4.78 is 22.8. The number of nitrogens with one attached hydrogen (secondary N) is 1. The van der Waals surface area contributed by atoms with Crippen molar-refractivity contribution in [1.82, 2.24) is 10.2 Å². The van der Waals surface area contributed by atoms with Crippen LogP contribution in [-0.4, -0.2) is 45.3 Å². The quantitative estimate of drug-likeness (QED) is 0.310. The van der Waals surface area contributed by atoms with Gasteiger partial charge in [0.05, 0.1) is 6.54 Å². The topological polar surface area (TPSA) is 131 Å². The molecule has 2 rings (SSSR count). The van der Waals surface area contributed by atoms with Gasteiger partial charge in [0, 0.05) is 31.4 Å². The van der Waals surface area contributed by atoms with E-state index in [1.165, 1.54) is 6.07 Å². The first-order chi connectivity index (χ1) is 11.3. The summed E-state index contributed by atoms with van der Waals surface area (Å²) in [7, 11) is -1.96. The van der Waals surface area contributed by atoms with Gasteiger partial charge in [-0.3, -0.25) is 9.79 Å². The van der Waals surface area contributed by atoms with E-state index in [9.17, 15) is 13.2 Å². The number of hydrogen-bond acceptors (Lipinski definition) is 5. The fourth-order valence-electron chi connectivity index (χ4n) is 2.81. The number of piperidine rings is 1. The van der Waals surface area contributed by atoms with Gasteiger partial charge < -0.3 is 16.0 Å². The molecule has 1 fully saturated rings. The molecule has 0 radical (unpaired) electrons. The van der Waals surface area contributed by atoms with Crippen LogP contribution in [0.25, 0.3) is 0 Å². The van der Waals surface area contributed by atoms with Crippen molar-refractivity contribution in [1.29, 1.82) is 0 Å². The van der Waals surface area contributed by atoms with Crippen molar-refractivity contribution in [3.63, 3.8) is 0 Å². The molecule has 0 spiro atoms. The lowest BCUT2D eigenvalue weighted by atomic mass is 9.95. The zero-order valence-corrected chi connectivity index (χ0v) is 17.9. The van der Waals surface area contributed by atoms with Gasteiger partial charge in [0.25, 0.3) is 0 Å². The number of primary sulfonamides is 1. The number of primary amides is 1. The minimum atomic E-state index is -3.66. The number of halogens is 1. The van der Waals surface area contributed by atoms with Crippen molar-refractivity contribution >= 4 is 57.2 Å². The number of nitrogens with two attached hydrogens (primary N) is 2.